The number of likely N-dealkylation sites (tertiary alicyclic amines) is 2. The van der Waals surface area contributed by atoms with Crippen molar-refractivity contribution < 1.29 is 4.74 Å². The molecule has 3 aliphatic heterocycles. The lowest BCUT2D eigenvalue weighted by atomic mass is 9.63. The number of rotatable bonds is 1. The van der Waals surface area contributed by atoms with Gasteiger partial charge in [-0.2, -0.15) is 0 Å². The summed E-state index contributed by atoms with van der Waals surface area (Å²) in [6.45, 7) is 7.60. The molecule has 3 saturated carbocycles. The first-order valence-electron chi connectivity index (χ1n) is 13.7. The Kier molecular flexibility index (Phi) is 5.31. The minimum absolute atomic E-state index is 0.130. The van der Waals surface area contributed by atoms with Crippen LogP contribution in [-0.4, -0.2) is 66.1 Å². The second-order valence-corrected chi connectivity index (χ2v) is 12.4. The highest BCUT2D eigenvalue weighted by molar-refractivity contribution is 5.72. The number of ether oxygens (including phenoxy) is 1. The highest BCUT2D eigenvalue weighted by Gasteiger charge is 2.65. The Hall–Kier alpha value is -0.450. The third-order valence-electron chi connectivity index (χ3n) is 10.9. The first-order valence-corrected chi connectivity index (χ1v) is 13.7. The molecular weight excluding hydrogens is 382 g/mol. The number of piperidine rings is 1. The van der Waals surface area contributed by atoms with E-state index in [0.29, 0.717) is 18.2 Å². The van der Waals surface area contributed by atoms with Gasteiger partial charge in [-0.05, 0) is 82.8 Å². The lowest BCUT2D eigenvalue weighted by Gasteiger charge is -2.57. The van der Waals surface area contributed by atoms with Gasteiger partial charge in [0.25, 0.3) is 0 Å². The van der Waals surface area contributed by atoms with E-state index in [9.17, 15) is 0 Å². The lowest BCUT2D eigenvalue weighted by Crippen LogP contribution is -2.65. The SMILES string of the molecule is CN1C2CCCCC2C(C)(C)C12C=NC1C(CC(N3CCCCC3)C3CCCCC31)O2. The topological polar surface area (TPSA) is 28.1 Å². The Morgan fingerprint density at radius 2 is 1.55 bits per heavy atom. The highest BCUT2D eigenvalue weighted by atomic mass is 16.5. The van der Waals surface area contributed by atoms with Crippen LogP contribution in [0.25, 0.3) is 0 Å². The molecule has 4 nitrogen and oxygen atoms in total. The van der Waals surface area contributed by atoms with Gasteiger partial charge in [-0.25, -0.2) is 0 Å². The standard InChI is InChI=1S/C27H45N3O/c1-26(2)21-13-7-8-14-22(21)29(3)27(26)18-28-25-20-12-6-5-11-19(20)23(17-24(25)31-27)30-15-9-4-10-16-30/h18-25H,4-17H2,1-3H3. The van der Waals surface area contributed by atoms with Gasteiger partial charge in [0.15, 0.2) is 5.72 Å². The molecule has 8 unspecified atom stereocenters. The normalized spacial score (nSPS) is 50.1. The Balaban J connectivity index is 1.33. The van der Waals surface area contributed by atoms with Crippen LogP contribution in [-0.2, 0) is 4.74 Å². The molecule has 6 aliphatic rings. The molecule has 174 valence electrons. The van der Waals surface area contributed by atoms with Crippen molar-refractivity contribution in [1.29, 1.82) is 0 Å². The largest absolute Gasteiger partial charge is 0.349 e. The molecule has 2 saturated heterocycles. The summed E-state index contributed by atoms with van der Waals surface area (Å²) in [6, 6.07) is 1.80. The van der Waals surface area contributed by atoms with Crippen LogP contribution in [0.4, 0.5) is 0 Å². The van der Waals surface area contributed by atoms with E-state index in [-0.39, 0.29) is 11.1 Å². The summed E-state index contributed by atoms with van der Waals surface area (Å²) >= 11 is 0. The Labute approximate surface area is 190 Å². The fourth-order valence-electron chi connectivity index (χ4n) is 9.24. The van der Waals surface area contributed by atoms with Crippen LogP contribution in [0.2, 0.25) is 0 Å². The molecule has 3 heterocycles. The summed E-state index contributed by atoms with van der Waals surface area (Å²) in [5.74, 6) is 2.32. The van der Waals surface area contributed by atoms with E-state index in [4.69, 9.17) is 9.73 Å². The number of aliphatic imine (C=N–C) groups is 1. The maximum atomic E-state index is 7.38. The summed E-state index contributed by atoms with van der Waals surface area (Å²) < 4.78 is 7.38. The fourth-order valence-corrected chi connectivity index (χ4v) is 9.24. The van der Waals surface area contributed by atoms with E-state index in [1.54, 1.807) is 0 Å². The molecule has 8 atom stereocenters. The third kappa shape index (κ3) is 3.06. The van der Waals surface area contributed by atoms with Gasteiger partial charge in [0, 0.05) is 23.7 Å². The second-order valence-electron chi connectivity index (χ2n) is 12.4. The van der Waals surface area contributed by atoms with E-state index < -0.39 is 0 Å². The number of fused-ring (bicyclic) bond motifs is 4. The van der Waals surface area contributed by atoms with E-state index in [2.05, 4.69) is 36.9 Å². The predicted molar refractivity (Wildman–Crippen MR) is 126 cm³/mol. The van der Waals surface area contributed by atoms with Crippen molar-refractivity contribution in [1.82, 2.24) is 9.80 Å². The van der Waals surface area contributed by atoms with Crippen molar-refractivity contribution in [2.24, 2.45) is 28.2 Å². The minimum Gasteiger partial charge on any atom is -0.349 e. The van der Waals surface area contributed by atoms with E-state index in [1.165, 1.54) is 90.1 Å². The van der Waals surface area contributed by atoms with Gasteiger partial charge in [0.2, 0.25) is 0 Å². The third-order valence-corrected chi connectivity index (χ3v) is 10.9. The van der Waals surface area contributed by atoms with Crippen LogP contribution < -0.4 is 0 Å². The van der Waals surface area contributed by atoms with Crippen LogP contribution in [0.15, 0.2) is 4.99 Å². The number of hydrogen-bond donors (Lipinski definition) is 0. The zero-order valence-electron chi connectivity index (χ0n) is 20.3. The maximum Gasteiger partial charge on any atom is 0.163 e. The molecule has 0 amide bonds. The van der Waals surface area contributed by atoms with Crippen molar-refractivity contribution in [2.45, 2.75) is 121 Å². The summed E-state index contributed by atoms with van der Waals surface area (Å²) in [7, 11) is 2.35. The predicted octanol–water partition coefficient (Wildman–Crippen LogP) is 5.12. The lowest BCUT2D eigenvalue weighted by molar-refractivity contribution is -0.202. The van der Waals surface area contributed by atoms with Crippen LogP contribution in [0.3, 0.4) is 0 Å². The van der Waals surface area contributed by atoms with Gasteiger partial charge >= 0.3 is 0 Å². The van der Waals surface area contributed by atoms with Gasteiger partial charge in [-0.1, -0.05) is 46.0 Å². The zero-order chi connectivity index (χ0) is 21.2. The molecule has 1 spiro atoms. The van der Waals surface area contributed by atoms with E-state index in [1.807, 2.05) is 0 Å². The van der Waals surface area contributed by atoms with Crippen molar-refractivity contribution in [3.05, 3.63) is 0 Å². The van der Waals surface area contributed by atoms with Crippen LogP contribution >= 0.6 is 0 Å². The molecule has 6 rings (SSSR count). The molecule has 0 aromatic rings. The maximum absolute atomic E-state index is 7.38. The second kappa shape index (κ2) is 7.81. The van der Waals surface area contributed by atoms with Crippen molar-refractivity contribution in [3.63, 3.8) is 0 Å². The molecular formula is C27H45N3O. The first kappa shape index (κ1) is 21.1. The van der Waals surface area contributed by atoms with Crippen molar-refractivity contribution in [3.8, 4) is 0 Å². The molecule has 0 bridgehead atoms. The molecule has 3 aliphatic carbocycles. The molecule has 0 aromatic carbocycles. The van der Waals surface area contributed by atoms with Crippen molar-refractivity contribution >= 4 is 6.21 Å². The smallest absolute Gasteiger partial charge is 0.163 e. The van der Waals surface area contributed by atoms with Crippen molar-refractivity contribution in [2.75, 3.05) is 20.1 Å². The molecule has 31 heavy (non-hydrogen) atoms. The fraction of sp³-hybridized carbons (Fsp3) is 0.963. The van der Waals surface area contributed by atoms with Gasteiger partial charge < -0.3 is 9.64 Å². The molecule has 4 heteroatoms. The average molecular weight is 428 g/mol. The monoisotopic (exact) mass is 427 g/mol. The quantitative estimate of drug-likeness (QED) is 0.582. The summed E-state index contributed by atoms with van der Waals surface area (Å²) in [5.41, 5.74) is -0.173. The van der Waals surface area contributed by atoms with Gasteiger partial charge in [0.05, 0.1) is 12.1 Å². The first-order chi connectivity index (χ1) is 15.0. The average Bonchev–Trinajstić information content (AvgIpc) is 2.97. The van der Waals surface area contributed by atoms with E-state index >= 15 is 0 Å². The van der Waals surface area contributed by atoms with Gasteiger partial charge in [0.1, 0.15) is 0 Å². The Bertz CT molecular complexity index is 701. The Morgan fingerprint density at radius 1 is 0.839 bits per heavy atom. The van der Waals surface area contributed by atoms with Gasteiger partial charge in [-0.3, -0.25) is 9.89 Å². The van der Waals surface area contributed by atoms with E-state index in [0.717, 1.165) is 23.8 Å². The summed E-state index contributed by atoms with van der Waals surface area (Å²) in [4.78, 5) is 10.9. The number of hydrogen-bond acceptors (Lipinski definition) is 4. The molecule has 0 radical (unpaired) electrons. The van der Waals surface area contributed by atoms with Crippen LogP contribution in [0.1, 0.15) is 90.9 Å². The highest BCUT2D eigenvalue weighted by Crippen LogP contribution is 2.58. The molecule has 0 aromatic heterocycles. The minimum atomic E-state index is -0.304. The summed E-state index contributed by atoms with van der Waals surface area (Å²) in [6.07, 6.45) is 19.1. The van der Waals surface area contributed by atoms with Crippen LogP contribution in [0.5, 0.6) is 0 Å². The molecule has 0 N–H and O–H groups in total. The summed E-state index contributed by atoms with van der Waals surface area (Å²) in [5, 5.41) is 0. The molecule has 5 fully saturated rings. The van der Waals surface area contributed by atoms with Gasteiger partial charge in [-0.15, -0.1) is 0 Å². The van der Waals surface area contributed by atoms with Crippen LogP contribution in [0, 0.1) is 23.2 Å². The Morgan fingerprint density at radius 3 is 2.32 bits per heavy atom. The number of nitrogens with zero attached hydrogens (tertiary/aromatic N) is 3. The zero-order valence-corrected chi connectivity index (χ0v) is 20.3.